The number of carbonyl (C=O) groups is 1. The first-order valence-corrected chi connectivity index (χ1v) is 7.16. The second-order valence-electron chi connectivity index (χ2n) is 6.10. The average molecular weight is 259 g/mol. The van der Waals surface area contributed by atoms with Crippen LogP contribution in [0.15, 0.2) is 18.2 Å². The molecular formula is C16H21NO2. The van der Waals surface area contributed by atoms with E-state index in [4.69, 9.17) is 0 Å². The molecule has 1 N–H and O–H groups in total. The van der Waals surface area contributed by atoms with Gasteiger partial charge in [0.15, 0.2) is 0 Å². The number of benzene rings is 1. The molecule has 3 nitrogen and oxygen atoms in total. The van der Waals surface area contributed by atoms with Crippen molar-refractivity contribution in [2.45, 2.75) is 50.6 Å². The third kappa shape index (κ3) is 2.06. The van der Waals surface area contributed by atoms with E-state index in [1.54, 1.807) is 0 Å². The summed E-state index contributed by atoms with van der Waals surface area (Å²) in [5.74, 6) is -0.640. The topological polar surface area (TPSA) is 40.5 Å². The van der Waals surface area contributed by atoms with Crippen LogP contribution in [-0.2, 0) is 23.3 Å². The third-order valence-corrected chi connectivity index (χ3v) is 4.76. The molecule has 2 aliphatic rings. The predicted molar refractivity (Wildman–Crippen MR) is 74.0 cm³/mol. The molecule has 1 saturated carbocycles. The summed E-state index contributed by atoms with van der Waals surface area (Å²) in [6.45, 7) is 1.93. The summed E-state index contributed by atoms with van der Waals surface area (Å²) in [6, 6.07) is 6.34. The summed E-state index contributed by atoms with van der Waals surface area (Å²) in [6.07, 6.45) is 4.81. The van der Waals surface area contributed by atoms with Gasteiger partial charge in [-0.05, 0) is 36.6 Å². The van der Waals surface area contributed by atoms with Crippen LogP contribution in [0.3, 0.4) is 0 Å². The van der Waals surface area contributed by atoms with Gasteiger partial charge in [-0.1, -0.05) is 37.5 Å². The van der Waals surface area contributed by atoms with Gasteiger partial charge in [0.1, 0.15) is 0 Å². The fraction of sp³-hybridized carbons (Fsp3) is 0.562. The van der Waals surface area contributed by atoms with Crippen LogP contribution in [0.25, 0.3) is 0 Å². The molecule has 0 atom stereocenters. The van der Waals surface area contributed by atoms with Crippen molar-refractivity contribution in [2.24, 2.45) is 0 Å². The Kier molecular flexibility index (Phi) is 3.09. The lowest BCUT2D eigenvalue weighted by molar-refractivity contribution is -0.145. The van der Waals surface area contributed by atoms with Crippen molar-refractivity contribution in [2.75, 3.05) is 7.05 Å². The monoisotopic (exact) mass is 259 g/mol. The third-order valence-electron chi connectivity index (χ3n) is 4.76. The molecule has 19 heavy (non-hydrogen) atoms. The highest BCUT2D eigenvalue weighted by Gasteiger charge is 2.41. The van der Waals surface area contributed by atoms with Crippen LogP contribution >= 0.6 is 0 Å². The molecule has 0 bridgehead atoms. The van der Waals surface area contributed by atoms with Gasteiger partial charge in [0.2, 0.25) is 0 Å². The van der Waals surface area contributed by atoms with Crippen LogP contribution in [0, 0.1) is 0 Å². The number of hydrogen-bond acceptors (Lipinski definition) is 2. The van der Waals surface area contributed by atoms with Crippen molar-refractivity contribution in [1.29, 1.82) is 0 Å². The second-order valence-corrected chi connectivity index (χ2v) is 6.10. The fourth-order valence-electron chi connectivity index (χ4n) is 3.64. The SMILES string of the molecule is CN1Cc2ccc(C3(C(=O)O)CCCCC3)cc2C1. The van der Waals surface area contributed by atoms with Gasteiger partial charge in [0, 0.05) is 13.1 Å². The maximum absolute atomic E-state index is 11.8. The molecule has 102 valence electrons. The van der Waals surface area contributed by atoms with Crippen LogP contribution < -0.4 is 0 Å². The molecule has 0 saturated heterocycles. The van der Waals surface area contributed by atoms with Crippen LogP contribution in [-0.4, -0.2) is 23.0 Å². The molecule has 1 aliphatic carbocycles. The van der Waals surface area contributed by atoms with E-state index >= 15 is 0 Å². The Labute approximate surface area is 114 Å². The molecule has 3 rings (SSSR count). The molecule has 0 unspecified atom stereocenters. The predicted octanol–water partition coefficient (Wildman–Crippen LogP) is 2.92. The Morgan fingerprint density at radius 2 is 1.84 bits per heavy atom. The van der Waals surface area contributed by atoms with Crippen molar-refractivity contribution in [3.63, 3.8) is 0 Å². The highest BCUT2D eigenvalue weighted by Crippen LogP contribution is 2.41. The van der Waals surface area contributed by atoms with Gasteiger partial charge in [-0.15, -0.1) is 0 Å². The molecule has 1 aromatic carbocycles. The molecule has 1 heterocycles. The molecular weight excluding hydrogens is 238 g/mol. The maximum atomic E-state index is 11.8. The summed E-state index contributed by atoms with van der Waals surface area (Å²) in [5.41, 5.74) is 3.05. The minimum Gasteiger partial charge on any atom is -0.481 e. The van der Waals surface area contributed by atoms with Crippen molar-refractivity contribution < 1.29 is 9.90 Å². The highest BCUT2D eigenvalue weighted by molar-refractivity contribution is 5.81. The number of rotatable bonds is 2. The standard InChI is InChI=1S/C16H21NO2/c1-17-10-12-5-6-14(9-13(12)11-17)16(15(18)19)7-3-2-4-8-16/h5-6,9H,2-4,7-8,10-11H2,1H3,(H,18,19). The Hall–Kier alpha value is -1.35. The highest BCUT2D eigenvalue weighted by atomic mass is 16.4. The van der Waals surface area contributed by atoms with E-state index in [1.807, 2.05) is 0 Å². The van der Waals surface area contributed by atoms with Gasteiger partial charge in [-0.2, -0.15) is 0 Å². The lowest BCUT2D eigenvalue weighted by Crippen LogP contribution is -2.37. The lowest BCUT2D eigenvalue weighted by Gasteiger charge is -2.34. The second kappa shape index (κ2) is 4.64. The lowest BCUT2D eigenvalue weighted by atomic mass is 9.69. The Morgan fingerprint density at radius 3 is 2.53 bits per heavy atom. The summed E-state index contributed by atoms with van der Waals surface area (Å²) in [7, 11) is 2.10. The summed E-state index contributed by atoms with van der Waals surface area (Å²) in [5, 5.41) is 9.73. The van der Waals surface area contributed by atoms with Crippen LogP contribution in [0.5, 0.6) is 0 Å². The molecule has 0 spiro atoms. The molecule has 0 amide bonds. The Morgan fingerprint density at radius 1 is 1.16 bits per heavy atom. The van der Waals surface area contributed by atoms with Crippen molar-refractivity contribution >= 4 is 5.97 Å². The van der Waals surface area contributed by atoms with Gasteiger partial charge < -0.3 is 5.11 Å². The van der Waals surface area contributed by atoms with Crippen molar-refractivity contribution in [3.8, 4) is 0 Å². The number of aliphatic carboxylic acids is 1. The smallest absolute Gasteiger partial charge is 0.314 e. The average Bonchev–Trinajstić information content (AvgIpc) is 2.78. The molecule has 0 radical (unpaired) electrons. The van der Waals surface area contributed by atoms with E-state index in [0.717, 1.165) is 44.3 Å². The zero-order valence-electron chi connectivity index (χ0n) is 11.5. The zero-order valence-corrected chi connectivity index (χ0v) is 11.5. The zero-order chi connectivity index (χ0) is 13.5. The first-order valence-electron chi connectivity index (χ1n) is 7.16. The van der Waals surface area contributed by atoms with Gasteiger partial charge in [-0.25, -0.2) is 0 Å². The number of fused-ring (bicyclic) bond motifs is 1. The van der Waals surface area contributed by atoms with E-state index in [2.05, 4.69) is 30.1 Å². The van der Waals surface area contributed by atoms with Crippen LogP contribution in [0.4, 0.5) is 0 Å². The van der Waals surface area contributed by atoms with E-state index < -0.39 is 11.4 Å². The first-order chi connectivity index (χ1) is 9.12. The number of hydrogen-bond donors (Lipinski definition) is 1. The molecule has 0 aromatic heterocycles. The minimum absolute atomic E-state index is 0.631. The molecule has 1 fully saturated rings. The fourth-order valence-corrected chi connectivity index (χ4v) is 3.64. The summed E-state index contributed by atoms with van der Waals surface area (Å²) >= 11 is 0. The number of carboxylic acids is 1. The van der Waals surface area contributed by atoms with Crippen LogP contribution in [0.2, 0.25) is 0 Å². The van der Waals surface area contributed by atoms with Crippen molar-refractivity contribution in [3.05, 3.63) is 34.9 Å². The molecule has 1 aliphatic heterocycles. The number of nitrogens with zero attached hydrogens (tertiary/aromatic N) is 1. The van der Waals surface area contributed by atoms with Gasteiger partial charge >= 0.3 is 5.97 Å². The van der Waals surface area contributed by atoms with E-state index in [-0.39, 0.29) is 0 Å². The maximum Gasteiger partial charge on any atom is 0.314 e. The van der Waals surface area contributed by atoms with Crippen molar-refractivity contribution in [1.82, 2.24) is 4.90 Å². The summed E-state index contributed by atoms with van der Waals surface area (Å²) in [4.78, 5) is 14.1. The van der Waals surface area contributed by atoms with Gasteiger partial charge in [0.05, 0.1) is 5.41 Å². The van der Waals surface area contributed by atoms with Gasteiger partial charge in [-0.3, -0.25) is 9.69 Å². The first kappa shape index (κ1) is 12.7. The van der Waals surface area contributed by atoms with E-state index in [1.165, 1.54) is 17.5 Å². The van der Waals surface area contributed by atoms with E-state index in [9.17, 15) is 9.90 Å². The largest absolute Gasteiger partial charge is 0.481 e. The van der Waals surface area contributed by atoms with Gasteiger partial charge in [0.25, 0.3) is 0 Å². The minimum atomic E-state index is -0.640. The van der Waals surface area contributed by atoms with Crippen LogP contribution in [0.1, 0.15) is 48.8 Å². The normalized spacial score (nSPS) is 22.2. The Bertz CT molecular complexity index is 503. The quantitative estimate of drug-likeness (QED) is 0.887. The molecule has 1 aromatic rings. The summed E-state index contributed by atoms with van der Waals surface area (Å²) < 4.78 is 0. The van der Waals surface area contributed by atoms with E-state index in [0.29, 0.717) is 0 Å². The molecule has 3 heteroatoms. The number of carboxylic acid groups (broad SMARTS) is 1. The Balaban J connectivity index is 2.00.